The van der Waals surface area contributed by atoms with Gasteiger partial charge in [-0.15, -0.1) is 16.4 Å². The Kier molecular flexibility index (Phi) is 9.70. The Morgan fingerprint density at radius 3 is 2.40 bits per heavy atom. The van der Waals surface area contributed by atoms with Crippen LogP contribution in [0.4, 0.5) is 5.69 Å². The van der Waals surface area contributed by atoms with E-state index in [1.807, 2.05) is 48.5 Å². The Labute approximate surface area is 250 Å². The molecule has 0 aliphatic heterocycles. The van der Waals surface area contributed by atoms with Crippen molar-refractivity contribution in [2.24, 2.45) is 4.99 Å². The van der Waals surface area contributed by atoms with Crippen LogP contribution in [0.1, 0.15) is 23.7 Å². The number of hydrogen-bond acceptors (Lipinski definition) is 10. The first-order valence-electron chi connectivity index (χ1n) is 12.6. The monoisotopic (exact) mass is 600 g/mol. The minimum absolute atomic E-state index is 0. The van der Waals surface area contributed by atoms with Crippen LogP contribution in [0.5, 0.6) is 5.75 Å². The number of hydrogen-bond donors (Lipinski definition) is 2. The summed E-state index contributed by atoms with van der Waals surface area (Å²) in [6.45, 7) is -0.224. The van der Waals surface area contributed by atoms with Crippen LogP contribution in [0.3, 0.4) is 0 Å². The highest BCUT2D eigenvalue weighted by Gasteiger charge is 2.20. The van der Waals surface area contributed by atoms with Crippen LogP contribution in [-0.2, 0) is 24.4 Å². The third-order valence-corrected chi connectivity index (χ3v) is 7.42. The molecule has 2 N–H and O–H groups in total. The topological polar surface area (TPSA) is 166 Å². The molecule has 5 aromatic rings. The number of aliphatic hydroxyl groups excluding tert-OH is 1. The maximum absolute atomic E-state index is 12.0. The number of rotatable bonds is 11. The fourth-order valence-corrected chi connectivity index (χ4v) is 5.23. The molecule has 0 bridgehead atoms. The molecule has 5 rings (SSSR count). The third-order valence-electron chi connectivity index (χ3n) is 6.33. The molecule has 3 aromatic carbocycles. The second-order valence-electron chi connectivity index (χ2n) is 9.00. The molecule has 0 aliphatic rings. The van der Waals surface area contributed by atoms with Gasteiger partial charge in [0.1, 0.15) is 22.2 Å². The molecular weight excluding hydrogens is 572 g/mol. The minimum Gasteiger partial charge on any atom is -0.497 e. The Bertz CT molecular complexity index is 1760. The van der Waals surface area contributed by atoms with Crippen LogP contribution in [-0.4, -0.2) is 53.9 Å². The normalized spacial score (nSPS) is 11.2. The molecule has 0 aliphatic carbocycles. The summed E-state index contributed by atoms with van der Waals surface area (Å²) in [5.74, 6) is -0.561. The number of ether oxygens (including phenoxy) is 1. The van der Waals surface area contributed by atoms with Gasteiger partial charge in [-0.05, 0) is 42.0 Å². The van der Waals surface area contributed by atoms with E-state index in [0.29, 0.717) is 22.1 Å². The number of aliphatic imine (C=N–C) groups is 1. The van der Waals surface area contributed by atoms with Gasteiger partial charge < -0.3 is 14.9 Å². The maximum Gasteiger partial charge on any atom is 0.350 e. The predicted octanol–water partition coefficient (Wildman–Crippen LogP) is 5.37. The van der Waals surface area contributed by atoms with Gasteiger partial charge in [-0.25, -0.2) is 14.5 Å². The second kappa shape index (κ2) is 13.6. The SMILES string of the molecule is C.COc1ccc(-c2nc(CN=C(Cc3ccccc3[N+](=O)[O-])C(=O)O)sc2-c2ccc(-n3cc(CO)nn3)cc2)cc1. The summed E-state index contributed by atoms with van der Waals surface area (Å²) in [4.78, 5) is 32.8. The zero-order valence-corrected chi connectivity index (χ0v) is 23.1. The molecule has 2 heterocycles. The zero-order chi connectivity index (χ0) is 29.6. The van der Waals surface area contributed by atoms with E-state index in [9.17, 15) is 25.1 Å². The van der Waals surface area contributed by atoms with E-state index in [4.69, 9.17) is 9.72 Å². The molecule has 0 saturated heterocycles. The van der Waals surface area contributed by atoms with Crippen molar-refractivity contribution in [3.63, 3.8) is 0 Å². The number of methoxy groups -OCH3 is 1. The summed E-state index contributed by atoms with van der Waals surface area (Å²) in [5.41, 5.74) is 3.52. The fraction of sp³-hybridized carbons (Fsp3) is 0.167. The number of benzene rings is 3. The van der Waals surface area contributed by atoms with Crippen molar-refractivity contribution < 1.29 is 24.7 Å². The highest BCUT2D eigenvalue weighted by atomic mass is 32.1. The summed E-state index contributed by atoms with van der Waals surface area (Å²) in [7, 11) is 1.59. The molecule has 0 spiro atoms. The number of para-hydroxylation sites is 1. The molecule has 0 unspecified atom stereocenters. The summed E-state index contributed by atoms with van der Waals surface area (Å²) >= 11 is 1.38. The van der Waals surface area contributed by atoms with E-state index in [-0.39, 0.29) is 44.0 Å². The molecule has 12 nitrogen and oxygen atoms in total. The van der Waals surface area contributed by atoms with Gasteiger partial charge in [0.25, 0.3) is 5.69 Å². The van der Waals surface area contributed by atoms with Crippen LogP contribution in [0.15, 0.2) is 84.0 Å². The lowest BCUT2D eigenvalue weighted by atomic mass is 10.1. The van der Waals surface area contributed by atoms with Crippen molar-refractivity contribution in [3.8, 4) is 33.1 Å². The van der Waals surface area contributed by atoms with Gasteiger partial charge in [-0.2, -0.15) is 0 Å². The van der Waals surface area contributed by atoms with Crippen LogP contribution in [0.25, 0.3) is 27.4 Å². The average Bonchev–Trinajstić information content (AvgIpc) is 3.67. The van der Waals surface area contributed by atoms with Gasteiger partial charge >= 0.3 is 5.97 Å². The number of carbonyl (C=O) groups is 1. The first-order valence-corrected chi connectivity index (χ1v) is 13.4. The predicted molar refractivity (Wildman–Crippen MR) is 163 cm³/mol. The first kappa shape index (κ1) is 30.7. The Morgan fingerprint density at radius 1 is 1.07 bits per heavy atom. The largest absolute Gasteiger partial charge is 0.497 e. The van der Waals surface area contributed by atoms with Gasteiger partial charge in [-0.3, -0.25) is 15.1 Å². The number of carboxylic acid groups (broad SMARTS) is 1. The van der Waals surface area contributed by atoms with Crippen molar-refractivity contribution >= 4 is 28.7 Å². The molecule has 0 fully saturated rings. The van der Waals surface area contributed by atoms with Gasteiger partial charge in [0.15, 0.2) is 0 Å². The Hall–Kier alpha value is -5.27. The van der Waals surface area contributed by atoms with Crippen LogP contribution >= 0.6 is 11.3 Å². The van der Waals surface area contributed by atoms with Crippen LogP contribution < -0.4 is 4.74 Å². The number of thiazole rings is 1. The van der Waals surface area contributed by atoms with Crippen molar-refractivity contribution in [3.05, 3.63) is 105 Å². The summed E-state index contributed by atoms with van der Waals surface area (Å²) in [6.07, 6.45) is 1.45. The van der Waals surface area contributed by atoms with E-state index in [1.165, 1.54) is 29.5 Å². The lowest BCUT2D eigenvalue weighted by molar-refractivity contribution is -0.385. The molecule has 0 atom stereocenters. The summed E-state index contributed by atoms with van der Waals surface area (Å²) in [5, 5.41) is 39.0. The maximum atomic E-state index is 12.0. The van der Waals surface area contributed by atoms with Gasteiger partial charge in [0.2, 0.25) is 0 Å². The molecule has 43 heavy (non-hydrogen) atoms. The summed E-state index contributed by atoms with van der Waals surface area (Å²) < 4.78 is 6.85. The Balaban J connectivity index is 0.00000423. The fourth-order valence-electron chi connectivity index (χ4n) is 4.22. The number of carboxylic acids is 1. The lowest BCUT2D eigenvalue weighted by Crippen LogP contribution is -2.17. The van der Waals surface area contributed by atoms with Crippen LogP contribution in [0, 0.1) is 10.1 Å². The summed E-state index contributed by atoms with van der Waals surface area (Å²) in [6, 6.07) is 21.0. The minimum atomic E-state index is -1.26. The number of aliphatic hydroxyl groups is 1. The second-order valence-corrected chi connectivity index (χ2v) is 10.1. The molecular formula is C30H28N6O6S. The third kappa shape index (κ3) is 6.97. The first-order chi connectivity index (χ1) is 20.4. The Morgan fingerprint density at radius 2 is 1.77 bits per heavy atom. The molecule has 0 radical (unpaired) electrons. The van der Waals surface area contributed by atoms with E-state index in [0.717, 1.165) is 21.7 Å². The quantitative estimate of drug-likeness (QED) is 0.115. The van der Waals surface area contributed by atoms with Gasteiger partial charge in [0.05, 0.1) is 47.6 Å². The van der Waals surface area contributed by atoms with E-state index >= 15 is 0 Å². The van der Waals surface area contributed by atoms with Gasteiger partial charge in [0, 0.05) is 23.6 Å². The van der Waals surface area contributed by atoms with E-state index < -0.39 is 10.9 Å². The van der Waals surface area contributed by atoms with Crippen molar-refractivity contribution in [2.45, 2.75) is 27.0 Å². The number of nitro benzene ring substituents is 1. The molecule has 0 amide bonds. The number of aliphatic carboxylic acids is 1. The van der Waals surface area contributed by atoms with Crippen LogP contribution in [0.2, 0.25) is 0 Å². The molecule has 13 heteroatoms. The number of nitrogens with zero attached hydrogens (tertiary/aromatic N) is 6. The standard InChI is InChI=1S/C29H24N6O6S.CH4/c1-41-23-12-8-18(9-13-23)27-28(19-6-10-22(11-7-19)34-16-21(17-36)32-33-34)42-26(31-27)15-30-24(29(37)38)14-20-4-2-3-5-25(20)35(39)40;/h2-13,16,36H,14-15,17H2,1H3,(H,37,38);1H4. The molecule has 2 aromatic heterocycles. The highest BCUT2D eigenvalue weighted by Crippen LogP contribution is 2.38. The van der Waals surface area contributed by atoms with Crippen molar-refractivity contribution in [2.75, 3.05) is 7.11 Å². The average molecular weight is 601 g/mol. The highest BCUT2D eigenvalue weighted by molar-refractivity contribution is 7.15. The molecule has 0 saturated carbocycles. The smallest absolute Gasteiger partial charge is 0.350 e. The van der Waals surface area contributed by atoms with Gasteiger partial charge in [-0.1, -0.05) is 43.0 Å². The number of aromatic nitrogens is 4. The van der Waals surface area contributed by atoms with E-state index in [2.05, 4.69) is 15.3 Å². The van der Waals surface area contributed by atoms with Crippen molar-refractivity contribution in [1.29, 1.82) is 0 Å². The molecule has 220 valence electrons. The zero-order valence-electron chi connectivity index (χ0n) is 22.2. The lowest BCUT2D eigenvalue weighted by Gasteiger charge is -2.06. The number of nitro groups is 1. The van der Waals surface area contributed by atoms with E-state index in [1.54, 1.807) is 24.1 Å². The van der Waals surface area contributed by atoms with Crippen molar-refractivity contribution in [1.82, 2.24) is 20.0 Å².